The Labute approximate surface area is 125 Å². The van der Waals surface area contributed by atoms with Crippen molar-refractivity contribution in [1.82, 2.24) is 10.2 Å². The Bertz CT molecular complexity index is 305. The molecule has 116 valence electrons. The Morgan fingerprint density at radius 1 is 1.00 bits per heavy atom. The van der Waals surface area contributed by atoms with Crippen molar-refractivity contribution in [2.75, 3.05) is 6.54 Å². The number of nitrogens with zero attached hydrogens (tertiary/aromatic N) is 1. The molecule has 0 aromatic carbocycles. The van der Waals surface area contributed by atoms with Crippen LogP contribution >= 0.6 is 0 Å². The minimum Gasteiger partial charge on any atom is -0.311 e. The van der Waals surface area contributed by atoms with E-state index in [1.165, 1.54) is 57.9 Å². The lowest BCUT2D eigenvalue weighted by molar-refractivity contribution is 0.0274. The van der Waals surface area contributed by atoms with Crippen molar-refractivity contribution in [2.24, 2.45) is 11.8 Å². The molecule has 2 nitrogen and oxygen atoms in total. The van der Waals surface area contributed by atoms with Crippen molar-refractivity contribution in [2.45, 2.75) is 96.3 Å². The van der Waals surface area contributed by atoms with E-state index in [1.807, 2.05) is 0 Å². The normalized spacial score (nSPS) is 45.0. The van der Waals surface area contributed by atoms with Gasteiger partial charge >= 0.3 is 0 Å². The number of piperidine rings is 1. The van der Waals surface area contributed by atoms with Crippen LogP contribution in [0.4, 0.5) is 0 Å². The highest BCUT2D eigenvalue weighted by molar-refractivity contribution is 4.98. The summed E-state index contributed by atoms with van der Waals surface area (Å²) >= 11 is 0. The molecular weight excluding hydrogens is 244 g/mol. The van der Waals surface area contributed by atoms with Gasteiger partial charge in [-0.1, -0.05) is 33.6 Å². The van der Waals surface area contributed by atoms with Crippen LogP contribution in [0.3, 0.4) is 0 Å². The fourth-order valence-electron chi connectivity index (χ4n) is 5.20. The Balaban J connectivity index is 1.71. The first kappa shape index (κ1) is 14.8. The van der Waals surface area contributed by atoms with Crippen LogP contribution in [0, 0.1) is 11.8 Å². The summed E-state index contributed by atoms with van der Waals surface area (Å²) in [6, 6.07) is 3.39. The fourth-order valence-corrected chi connectivity index (χ4v) is 5.20. The Morgan fingerprint density at radius 2 is 1.70 bits per heavy atom. The molecule has 3 fully saturated rings. The van der Waals surface area contributed by atoms with E-state index >= 15 is 0 Å². The van der Waals surface area contributed by atoms with Crippen molar-refractivity contribution in [1.29, 1.82) is 0 Å². The molecule has 2 heteroatoms. The average molecular weight is 278 g/mol. The highest BCUT2D eigenvalue weighted by Crippen LogP contribution is 2.37. The van der Waals surface area contributed by atoms with Gasteiger partial charge in [0.25, 0.3) is 0 Å². The van der Waals surface area contributed by atoms with Gasteiger partial charge in [-0.2, -0.15) is 0 Å². The van der Waals surface area contributed by atoms with Crippen LogP contribution in [0.1, 0.15) is 72.1 Å². The molecule has 2 aliphatic heterocycles. The first-order chi connectivity index (χ1) is 9.69. The number of nitrogens with one attached hydrogen (secondary N) is 1. The second-order valence-corrected chi connectivity index (χ2v) is 7.84. The van der Waals surface area contributed by atoms with Crippen LogP contribution in [0.15, 0.2) is 0 Å². The molecule has 2 bridgehead atoms. The molecule has 0 amide bonds. The third-order valence-electron chi connectivity index (χ3n) is 6.49. The molecule has 0 radical (unpaired) electrons. The van der Waals surface area contributed by atoms with E-state index in [2.05, 4.69) is 31.0 Å². The molecule has 2 saturated heterocycles. The highest BCUT2D eigenvalue weighted by atomic mass is 15.2. The minimum atomic E-state index is 0.828. The monoisotopic (exact) mass is 278 g/mol. The lowest BCUT2D eigenvalue weighted by atomic mass is 9.76. The smallest absolute Gasteiger partial charge is 0.0128 e. The molecule has 2 heterocycles. The van der Waals surface area contributed by atoms with Gasteiger partial charge in [-0.25, -0.2) is 0 Å². The van der Waals surface area contributed by atoms with E-state index in [1.54, 1.807) is 0 Å². The molecule has 3 rings (SSSR count). The Hall–Kier alpha value is -0.0800. The first-order valence-electron chi connectivity index (χ1n) is 9.20. The predicted molar refractivity (Wildman–Crippen MR) is 85.9 cm³/mol. The maximum Gasteiger partial charge on any atom is 0.0128 e. The summed E-state index contributed by atoms with van der Waals surface area (Å²) in [6.07, 6.45) is 11.3. The maximum atomic E-state index is 3.81. The van der Waals surface area contributed by atoms with Crippen molar-refractivity contribution < 1.29 is 0 Å². The largest absolute Gasteiger partial charge is 0.311 e. The number of rotatable bonds is 4. The van der Waals surface area contributed by atoms with Crippen LogP contribution in [-0.4, -0.2) is 35.6 Å². The summed E-state index contributed by atoms with van der Waals surface area (Å²) in [5, 5.41) is 3.81. The van der Waals surface area contributed by atoms with Crippen molar-refractivity contribution in [3.63, 3.8) is 0 Å². The maximum absolute atomic E-state index is 3.81. The Kier molecular flexibility index (Phi) is 4.72. The van der Waals surface area contributed by atoms with Gasteiger partial charge in [-0.3, -0.25) is 4.90 Å². The SMILES string of the molecule is CCCN(C1CC2CCC(C1)N2)C1CCCC(C)C1C. The summed E-state index contributed by atoms with van der Waals surface area (Å²) < 4.78 is 0. The van der Waals surface area contributed by atoms with Gasteiger partial charge in [0.1, 0.15) is 0 Å². The summed E-state index contributed by atoms with van der Waals surface area (Å²) in [5.74, 6) is 1.81. The van der Waals surface area contributed by atoms with Gasteiger partial charge in [-0.15, -0.1) is 0 Å². The average Bonchev–Trinajstić information content (AvgIpc) is 2.78. The fraction of sp³-hybridized carbons (Fsp3) is 1.00. The van der Waals surface area contributed by atoms with Crippen LogP contribution in [-0.2, 0) is 0 Å². The van der Waals surface area contributed by atoms with E-state index in [9.17, 15) is 0 Å². The van der Waals surface area contributed by atoms with Gasteiger partial charge < -0.3 is 5.32 Å². The molecule has 3 aliphatic rings. The van der Waals surface area contributed by atoms with Gasteiger partial charge in [0.05, 0.1) is 0 Å². The molecule has 1 aliphatic carbocycles. The van der Waals surface area contributed by atoms with Crippen LogP contribution < -0.4 is 5.32 Å². The number of hydrogen-bond acceptors (Lipinski definition) is 2. The van der Waals surface area contributed by atoms with E-state index < -0.39 is 0 Å². The standard InChI is InChI=1S/C18H34N2/c1-4-10-20(18-7-5-6-13(2)14(18)3)17-11-15-8-9-16(12-17)19-15/h13-19H,4-12H2,1-3H3. The predicted octanol–water partition coefficient (Wildman–Crippen LogP) is 3.81. The molecular formula is C18H34N2. The molecule has 20 heavy (non-hydrogen) atoms. The first-order valence-corrected chi connectivity index (χ1v) is 9.20. The quantitative estimate of drug-likeness (QED) is 0.841. The zero-order valence-electron chi connectivity index (χ0n) is 13.8. The highest BCUT2D eigenvalue weighted by Gasteiger charge is 2.40. The second kappa shape index (κ2) is 6.36. The van der Waals surface area contributed by atoms with E-state index in [0.29, 0.717) is 0 Å². The zero-order valence-corrected chi connectivity index (χ0v) is 13.8. The van der Waals surface area contributed by atoms with Gasteiger partial charge in [0, 0.05) is 24.2 Å². The van der Waals surface area contributed by atoms with Crippen molar-refractivity contribution >= 4 is 0 Å². The van der Waals surface area contributed by atoms with Crippen molar-refractivity contribution in [3.05, 3.63) is 0 Å². The van der Waals surface area contributed by atoms with Crippen LogP contribution in [0.2, 0.25) is 0 Å². The zero-order chi connectivity index (χ0) is 14.1. The van der Waals surface area contributed by atoms with Crippen LogP contribution in [0.5, 0.6) is 0 Å². The van der Waals surface area contributed by atoms with E-state index in [0.717, 1.165) is 36.0 Å². The third kappa shape index (κ3) is 2.92. The number of hydrogen-bond donors (Lipinski definition) is 1. The summed E-state index contributed by atoms with van der Waals surface area (Å²) in [6.45, 7) is 8.69. The topological polar surface area (TPSA) is 15.3 Å². The molecule has 5 atom stereocenters. The van der Waals surface area contributed by atoms with Crippen molar-refractivity contribution in [3.8, 4) is 0 Å². The number of fused-ring (bicyclic) bond motifs is 2. The van der Waals surface area contributed by atoms with Gasteiger partial charge in [-0.05, 0) is 56.9 Å². The van der Waals surface area contributed by atoms with Gasteiger partial charge in [0.15, 0.2) is 0 Å². The van der Waals surface area contributed by atoms with E-state index in [-0.39, 0.29) is 0 Å². The second-order valence-electron chi connectivity index (χ2n) is 7.84. The van der Waals surface area contributed by atoms with Gasteiger partial charge in [0.2, 0.25) is 0 Å². The molecule has 0 aromatic rings. The molecule has 1 saturated carbocycles. The molecule has 1 N–H and O–H groups in total. The minimum absolute atomic E-state index is 0.828. The molecule has 5 unspecified atom stereocenters. The lowest BCUT2D eigenvalue weighted by Gasteiger charge is -2.47. The van der Waals surface area contributed by atoms with E-state index in [4.69, 9.17) is 0 Å². The summed E-state index contributed by atoms with van der Waals surface area (Å²) in [5.41, 5.74) is 0. The molecule has 0 spiro atoms. The Morgan fingerprint density at radius 3 is 2.35 bits per heavy atom. The lowest BCUT2D eigenvalue weighted by Crippen LogP contribution is -2.54. The molecule has 0 aromatic heterocycles. The summed E-state index contributed by atoms with van der Waals surface area (Å²) in [4.78, 5) is 2.95. The van der Waals surface area contributed by atoms with Crippen LogP contribution in [0.25, 0.3) is 0 Å². The summed E-state index contributed by atoms with van der Waals surface area (Å²) in [7, 11) is 0. The third-order valence-corrected chi connectivity index (χ3v) is 6.49.